The number of fused-ring (bicyclic) bond motifs is 2. The minimum atomic E-state index is -3.77. The zero-order valence-electron chi connectivity index (χ0n) is 22.8. The fraction of sp³-hybridized carbons (Fsp3) is 0.357. The molecule has 3 heterocycles. The maximum absolute atomic E-state index is 13.8. The summed E-state index contributed by atoms with van der Waals surface area (Å²) in [6, 6.07) is 8.63. The average Bonchev–Trinajstić information content (AvgIpc) is 3.36. The summed E-state index contributed by atoms with van der Waals surface area (Å²) in [5.41, 5.74) is 9.00. The molecule has 0 radical (unpaired) electrons. The van der Waals surface area contributed by atoms with Crippen LogP contribution in [0.4, 0.5) is 16.2 Å². The number of sulfone groups is 1. The monoisotopic (exact) mass is 564 g/mol. The van der Waals surface area contributed by atoms with Gasteiger partial charge in [0, 0.05) is 30.4 Å². The fourth-order valence-corrected chi connectivity index (χ4v) is 6.80. The highest BCUT2D eigenvalue weighted by Gasteiger charge is 2.35. The number of rotatable bonds is 5. The Balaban J connectivity index is 1.50. The van der Waals surface area contributed by atoms with E-state index in [9.17, 15) is 18.0 Å². The number of nitrogens with one attached hydrogen (secondary N) is 2. The second-order valence-corrected chi connectivity index (χ2v) is 13.2. The normalized spacial score (nSPS) is 14.9. The first-order chi connectivity index (χ1) is 18.8. The van der Waals surface area contributed by atoms with Crippen LogP contribution in [-0.2, 0) is 14.6 Å². The van der Waals surface area contributed by atoms with Gasteiger partial charge in [-0.1, -0.05) is 0 Å². The minimum absolute atomic E-state index is 0.128. The van der Waals surface area contributed by atoms with E-state index in [-0.39, 0.29) is 36.4 Å². The molecule has 2 aromatic heterocycles. The molecular weight excluding hydrogens is 532 g/mol. The number of anilines is 2. The number of nitrogens with zero attached hydrogens (tertiary/aromatic N) is 3. The predicted molar refractivity (Wildman–Crippen MR) is 152 cm³/mol. The lowest BCUT2D eigenvalue weighted by atomic mass is 10.1. The van der Waals surface area contributed by atoms with Crippen LogP contribution in [0, 0.1) is 6.92 Å². The van der Waals surface area contributed by atoms with Gasteiger partial charge < -0.3 is 25.7 Å². The molecule has 0 bridgehead atoms. The second kappa shape index (κ2) is 10.1. The van der Waals surface area contributed by atoms with E-state index in [0.717, 1.165) is 11.0 Å². The molecule has 1 aliphatic rings. The lowest BCUT2D eigenvalue weighted by molar-refractivity contribution is 0.0217. The van der Waals surface area contributed by atoms with Crippen molar-refractivity contribution in [3.05, 3.63) is 54.0 Å². The number of aromatic amines is 1. The van der Waals surface area contributed by atoms with Crippen molar-refractivity contribution in [3.8, 4) is 0 Å². The lowest BCUT2D eigenvalue weighted by Crippen LogP contribution is -2.44. The van der Waals surface area contributed by atoms with Crippen LogP contribution in [-0.4, -0.2) is 64.2 Å². The Hall–Kier alpha value is -4.19. The van der Waals surface area contributed by atoms with Gasteiger partial charge >= 0.3 is 6.09 Å². The van der Waals surface area contributed by atoms with Crippen molar-refractivity contribution in [2.24, 2.45) is 5.73 Å². The number of piperidine rings is 1. The number of nitrogens with two attached hydrogens (primary N) is 1. The number of imidazole rings is 1. The van der Waals surface area contributed by atoms with Crippen LogP contribution in [0.5, 0.6) is 0 Å². The lowest BCUT2D eigenvalue weighted by Gasteiger charge is -2.33. The summed E-state index contributed by atoms with van der Waals surface area (Å²) in [4.78, 5) is 38.2. The Labute approximate surface area is 232 Å². The zero-order valence-corrected chi connectivity index (χ0v) is 23.6. The molecule has 210 valence electrons. The van der Waals surface area contributed by atoms with Gasteiger partial charge in [-0.25, -0.2) is 18.2 Å². The largest absolute Gasteiger partial charge is 0.444 e. The fourth-order valence-electron chi connectivity index (χ4n) is 4.96. The minimum Gasteiger partial charge on any atom is -0.444 e. The average molecular weight is 565 g/mol. The van der Waals surface area contributed by atoms with Crippen LogP contribution < -0.4 is 11.1 Å². The van der Waals surface area contributed by atoms with Gasteiger partial charge in [0.15, 0.2) is 9.84 Å². The van der Waals surface area contributed by atoms with E-state index in [1.54, 1.807) is 51.1 Å². The molecule has 1 fully saturated rings. The molecule has 2 aromatic carbocycles. The van der Waals surface area contributed by atoms with E-state index in [4.69, 9.17) is 10.5 Å². The number of pyridine rings is 1. The molecule has 11 nitrogen and oxygen atoms in total. The van der Waals surface area contributed by atoms with Crippen molar-refractivity contribution in [3.63, 3.8) is 0 Å². The number of hydrogen-bond acceptors (Lipinski definition) is 8. The first-order valence-electron chi connectivity index (χ1n) is 13.0. The number of aromatic nitrogens is 3. The first kappa shape index (κ1) is 27.4. The van der Waals surface area contributed by atoms with Crippen LogP contribution in [0.25, 0.3) is 21.9 Å². The molecular formula is C28H32N6O5S. The Morgan fingerprint density at radius 1 is 1.12 bits per heavy atom. The van der Waals surface area contributed by atoms with E-state index >= 15 is 0 Å². The van der Waals surface area contributed by atoms with Gasteiger partial charge in [-0.2, -0.15) is 0 Å². The molecule has 0 unspecified atom stereocenters. The number of benzene rings is 2. The number of H-pyrrole nitrogens is 1. The third-order valence-corrected chi connectivity index (χ3v) is 9.19. The van der Waals surface area contributed by atoms with Gasteiger partial charge in [-0.3, -0.25) is 9.78 Å². The second-order valence-electron chi connectivity index (χ2n) is 11.0. The van der Waals surface area contributed by atoms with Crippen LogP contribution in [0.1, 0.15) is 49.5 Å². The van der Waals surface area contributed by atoms with Crippen molar-refractivity contribution in [2.75, 3.05) is 18.4 Å². The van der Waals surface area contributed by atoms with Crippen LogP contribution in [0.3, 0.4) is 0 Å². The summed E-state index contributed by atoms with van der Waals surface area (Å²) >= 11 is 0. The Morgan fingerprint density at radius 3 is 2.52 bits per heavy atom. The molecule has 1 aliphatic heterocycles. The Bertz CT molecular complexity index is 1730. The van der Waals surface area contributed by atoms with Gasteiger partial charge in [0.2, 0.25) is 0 Å². The van der Waals surface area contributed by atoms with E-state index in [1.165, 1.54) is 6.20 Å². The SMILES string of the molecule is Cc1cc(S(=O)(=O)C2CCN(C(=O)OC(C)(C)C)CC2)cc2c(Nc3ccc4nc[nH]c4c3)c(C(N)=O)cnc12. The number of aryl methyl sites for hydroxylation is 1. The van der Waals surface area contributed by atoms with Gasteiger partial charge in [0.05, 0.1) is 44.3 Å². The smallest absolute Gasteiger partial charge is 0.410 e. The summed E-state index contributed by atoms with van der Waals surface area (Å²) in [6.45, 7) is 7.72. The molecule has 1 saturated heterocycles. The number of ether oxygens (including phenoxy) is 1. The van der Waals surface area contributed by atoms with Crippen LogP contribution in [0.15, 0.2) is 47.8 Å². The van der Waals surface area contributed by atoms with Gasteiger partial charge in [0.25, 0.3) is 5.91 Å². The number of likely N-dealkylation sites (tertiary alicyclic amines) is 1. The van der Waals surface area contributed by atoms with Crippen LogP contribution in [0.2, 0.25) is 0 Å². The number of primary amides is 1. The molecule has 5 rings (SSSR count). The highest BCUT2D eigenvalue weighted by Crippen LogP contribution is 2.35. The van der Waals surface area contributed by atoms with Gasteiger partial charge in [-0.05, 0) is 76.4 Å². The molecule has 4 N–H and O–H groups in total. The molecule has 0 saturated carbocycles. The topological polar surface area (TPSA) is 160 Å². The molecule has 0 aliphatic carbocycles. The van der Waals surface area contributed by atoms with Gasteiger partial charge in [-0.15, -0.1) is 0 Å². The number of hydrogen-bond donors (Lipinski definition) is 3. The van der Waals surface area contributed by atoms with Crippen molar-refractivity contribution < 1.29 is 22.7 Å². The van der Waals surface area contributed by atoms with Crippen molar-refractivity contribution in [2.45, 2.75) is 56.3 Å². The summed E-state index contributed by atoms with van der Waals surface area (Å²) in [6.07, 6.45) is 3.11. The van der Waals surface area contributed by atoms with Crippen molar-refractivity contribution in [1.29, 1.82) is 0 Å². The molecule has 12 heteroatoms. The van der Waals surface area contributed by atoms with Crippen molar-refractivity contribution in [1.82, 2.24) is 19.9 Å². The van der Waals surface area contributed by atoms with Crippen LogP contribution >= 0.6 is 0 Å². The molecule has 0 atom stereocenters. The Morgan fingerprint density at radius 2 is 1.85 bits per heavy atom. The standard InChI is InChI=1S/C28H32N6O5S/c1-16-11-19(40(37,38)18-7-9-34(10-8-18)27(36)39-28(2,3)4)13-20-24(16)30-14-21(26(29)35)25(20)33-17-5-6-22-23(12-17)32-15-31-22/h5-6,11-15,18H,7-10H2,1-4H3,(H2,29,35)(H,30,33)(H,31,32). The number of carbonyl (C=O) groups excluding carboxylic acids is 2. The van der Waals surface area contributed by atoms with Crippen molar-refractivity contribution >= 4 is 55.1 Å². The molecule has 2 amide bonds. The molecule has 4 aromatic rings. The van der Waals surface area contributed by atoms with E-state index in [0.29, 0.717) is 27.8 Å². The number of amides is 2. The van der Waals surface area contributed by atoms with E-state index in [1.807, 2.05) is 18.2 Å². The summed E-state index contributed by atoms with van der Waals surface area (Å²) < 4.78 is 33.1. The maximum Gasteiger partial charge on any atom is 0.410 e. The predicted octanol–water partition coefficient (Wildman–Crippen LogP) is 4.44. The zero-order chi connectivity index (χ0) is 28.8. The summed E-state index contributed by atoms with van der Waals surface area (Å²) in [5, 5.41) is 3.05. The van der Waals surface area contributed by atoms with E-state index < -0.39 is 32.7 Å². The molecule has 40 heavy (non-hydrogen) atoms. The summed E-state index contributed by atoms with van der Waals surface area (Å²) in [5.74, 6) is -0.694. The highest BCUT2D eigenvalue weighted by atomic mass is 32.2. The first-order valence-corrected chi connectivity index (χ1v) is 14.5. The maximum atomic E-state index is 13.8. The quantitative estimate of drug-likeness (QED) is 0.321. The third kappa shape index (κ3) is 5.31. The highest BCUT2D eigenvalue weighted by molar-refractivity contribution is 7.92. The summed E-state index contributed by atoms with van der Waals surface area (Å²) in [7, 11) is -3.77. The molecule has 0 spiro atoms. The van der Waals surface area contributed by atoms with E-state index in [2.05, 4.69) is 20.3 Å². The third-order valence-electron chi connectivity index (χ3n) is 6.95. The number of carbonyl (C=O) groups is 2. The van der Waals surface area contributed by atoms with Gasteiger partial charge in [0.1, 0.15) is 5.60 Å². The Kier molecular flexibility index (Phi) is 6.90.